The van der Waals surface area contributed by atoms with Gasteiger partial charge in [0, 0.05) is 12.1 Å². The van der Waals surface area contributed by atoms with Crippen molar-refractivity contribution in [2.45, 2.75) is 45.4 Å². The van der Waals surface area contributed by atoms with E-state index in [0.29, 0.717) is 36.0 Å². The Morgan fingerprint density at radius 2 is 1.24 bits per heavy atom. The maximum atomic E-state index is 14.0. The van der Waals surface area contributed by atoms with Crippen molar-refractivity contribution in [3.8, 4) is 17.2 Å². The molecule has 0 fully saturated rings. The Balaban J connectivity index is 0.972. The van der Waals surface area contributed by atoms with E-state index < -0.39 is 23.6 Å². The molecule has 0 saturated carbocycles. The molecule has 6 nitrogen and oxygen atoms in total. The molecule has 0 saturated heterocycles. The minimum Gasteiger partial charge on any atom is -0.497 e. The summed E-state index contributed by atoms with van der Waals surface area (Å²) in [5.74, 6) is -0.737. The molecular weight excluding hydrogens is 783 g/mol. The summed E-state index contributed by atoms with van der Waals surface area (Å²) >= 11 is 0. The predicted molar refractivity (Wildman–Crippen MR) is 240 cm³/mol. The molecule has 2 aliphatic carbocycles. The Morgan fingerprint density at radius 1 is 0.629 bits per heavy atom. The van der Waals surface area contributed by atoms with Crippen LogP contribution in [-0.4, -0.2) is 33.3 Å². The smallest absolute Gasteiger partial charge is 0.343 e. The van der Waals surface area contributed by atoms with Crippen LogP contribution in [0, 0.1) is 18.6 Å². The Morgan fingerprint density at radius 3 is 1.90 bits per heavy atom. The summed E-state index contributed by atoms with van der Waals surface area (Å²) in [6.45, 7) is 1.84. The van der Waals surface area contributed by atoms with Gasteiger partial charge in [-0.3, -0.25) is 0 Å². The Bertz CT molecular complexity index is 2750. The number of rotatable bonds is 14. The molecule has 0 amide bonds. The van der Waals surface area contributed by atoms with E-state index in [9.17, 15) is 18.4 Å². The predicted octanol–water partition coefficient (Wildman–Crippen LogP) is 11.6. The van der Waals surface area contributed by atoms with Gasteiger partial charge in [0.15, 0.2) is 0 Å². The number of carbonyl (C=O) groups excluding carboxylic acids is 2. The van der Waals surface area contributed by atoms with Gasteiger partial charge in [-0.1, -0.05) is 78.9 Å². The van der Waals surface area contributed by atoms with E-state index in [1.54, 1.807) is 32.4 Å². The van der Waals surface area contributed by atoms with E-state index in [4.69, 9.17) is 18.9 Å². The summed E-state index contributed by atoms with van der Waals surface area (Å²) in [4.78, 5) is 26.6. The van der Waals surface area contributed by atoms with Gasteiger partial charge in [0.25, 0.3) is 0 Å². The molecule has 312 valence electrons. The molecule has 0 aliphatic heterocycles. The van der Waals surface area contributed by atoms with Gasteiger partial charge < -0.3 is 18.9 Å². The van der Waals surface area contributed by atoms with Crippen molar-refractivity contribution in [3.05, 3.63) is 205 Å². The van der Waals surface area contributed by atoms with Gasteiger partial charge in [0.05, 0.1) is 26.9 Å². The Hall–Kier alpha value is -7.06. The first-order valence-corrected chi connectivity index (χ1v) is 20.6. The molecule has 8 heteroatoms. The topological polar surface area (TPSA) is 71.1 Å². The second kappa shape index (κ2) is 18.3. The molecule has 0 spiro atoms. The number of esters is 2. The summed E-state index contributed by atoms with van der Waals surface area (Å²) in [5, 5.41) is 0. The zero-order valence-corrected chi connectivity index (χ0v) is 35.1. The Labute approximate surface area is 360 Å². The van der Waals surface area contributed by atoms with Crippen molar-refractivity contribution in [2.75, 3.05) is 21.3 Å². The second-order valence-corrected chi connectivity index (χ2v) is 15.6. The van der Waals surface area contributed by atoms with Crippen LogP contribution in [0.3, 0.4) is 0 Å². The maximum Gasteiger partial charge on any atom is 0.343 e. The minimum absolute atomic E-state index is 0.157. The van der Waals surface area contributed by atoms with Crippen molar-refractivity contribution in [3.63, 3.8) is 0 Å². The molecule has 62 heavy (non-hydrogen) atoms. The van der Waals surface area contributed by atoms with Crippen LogP contribution in [0.4, 0.5) is 8.78 Å². The van der Waals surface area contributed by atoms with E-state index in [1.807, 2.05) is 55.5 Å². The normalized spacial score (nSPS) is 12.7. The van der Waals surface area contributed by atoms with Gasteiger partial charge in [-0.2, -0.15) is 0 Å². The molecule has 0 unspecified atom stereocenters. The number of methoxy groups -OCH3 is 3. The van der Waals surface area contributed by atoms with E-state index in [2.05, 4.69) is 48.6 Å². The highest BCUT2D eigenvalue weighted by Gasteiger charge is 2.24. The molecule has 0 radical (unpaired) electrons. The fraction of sp³-hybridized carbons (Fsp3) is 0.185. The summed E-state index contributed by atoms with van der Waals surface area (Å²) in [6, 6.07) is 32.8. The molecule has 0 bridgehead atoms. The van der Waals surface area contributed by atoms with Crippen LogP contribution in [0.15, 0.2) is 121 Å². The number of ether oxygens (including phenoxy) is 4. The summed E-state index contributed by atoms with van der Waals surface area (Å²) in [7, 11) is 4.60. The zero-order chi connectivity index (χ0) is 43.3. The number of aryl methyl sites for hydroxylation is 2. The van der Waals surface area contributed by atoms with E-state index in [1.165, 1.54) is 41.5 Å². The first kappa shape index (κ1) is 41.7. The van der Waals surface area contributed by atoms with Gasteiger partial charge in [0.2, 0.25) is 0 Å². The quantitative estimate of drug-likeness (QED) is 0.0619. The number of halogens is 2. The molecule has 6 aromatic rings. The van der Waals surface area contributed by atoms with Crippen LogP contribution in [0.2, 0.25) is 0 Å². The summed E-state index contributed by atoms with van der Waals surface area (Å²) in [5.41, 5.74) is 13.9. The molecule has 0 N–H and O–H groups in total. The molecule has 8 rings (SSSR count). The Kier molecular flexibility index (Phi) is 12.3. The monoisotopic (exact) mass is 828 g/mol. The van der Waals surface area contributed by atoms with Crippen molar-refractivity contribution < 1.29 is 37.3 Å². The van der Waals surface area contributed by atoms with Gasteiger partial charge in [0.1, 0.15) is 34.4 Å². The highest BCUT2D eigenvalue weighted by atomic mass is 19.1. The summed E-state index contributed by atoms with van der Waals surface area (Å²) in [6.07, 6.45) is 12.5. The third-order valence-electron chi connectivity index (χ3n) is 11.7. The number of hydrogen-bond donors (Lipinski definition) is 0. The molecular formula is C54H46F2O6. The standard InChI is InChI=1S/C54H46F2O6/c1-33-37(17-18-39-8-6-10-41-19-21-43(51(39)41)25-35-27-45(55)31-46(56)28-35)23-24-49(54(58)61-4)52(33)62-53(57)42-15-12-34(13-16-42)11-14-38-7-5-9-40-20-22-44(50(38)40)26-36-29-47(59-2)32-48(30-36)60-3/h5-16,21-24,27-32H,17-20,25-26H2,1-4H3/b14-11+. The summed E-state index contributed by atoms with van der Waals surface area (Å²) < 4.78 is 50.1. The van der Waals surface area contributed by atoms with Gasteiger partial charge in [-0.25, -0.2) is 18.4 Å². The maximum absolute atomic E-state index is 14.0. The zero-order valence-electron chi connectivity index (χ0n) is 35.1. The lowest BCUT2D eigenvalue weighted by Crippen LogP contribution is -2.14. The van der Waals surface area contributed by atoms with E-state index in [0.717, 1.165) is 75.8 Å². The average Bonchev–Trinajstić information content (AvgIpc) is 3.89. The third-order valence-corrected chi connectivity index (χ3v) is 11.7. The van der Waals surface area contributed by atoms with Crippen LogP contribution in [0.1, 0.15) is 81.9 Å². The molecule has 2 aliphatic rings. The van der Waals surface area contributed by atoms with Crippen LogP contribution >= 0.6 is 0 Å². The minimum atomic E-state index is -0.610. The van der Waals surface area contributed by atoms with Gasteiger partial charge in [-0.15, -0.1) is 0 Å². The SMILES string of the molecule is COC(=O)c1ccc(CCc2cccc3c2C(Cc2cc(F)cc(F)c2)=CC3)c(C)c1OC(=O)c1ccc(/C=C/c2cccc3c2C(Cc2cc(OC)cc(OC)c2)=CC3)cc1. The molecule has 0 aromatic heterocycles. The fourth-order valence-electron chi connectivity index (χ4n) is 8.62. The van der Waals surface area contributed by atoms with Gasteiger partial charge >= 0.3 is 11.9 Å². The third kappa shape index (κ3) is 9.00. The van der Waals surface area contributed by atoms with Crippen LogP contribution < -0.4 is 14.2 Å². The van der Waals surface area contributed by atoms with Crippen molar-refractivity contribution in [2.24, 2.45) is 0 Å². The second-order valence-electron chi connectivity index (χ2n) is 15.6. The first-order chi connectivity index (χ1) is 30.1. The van der Waals surface area contributed by atoms with Crippen LogP contribution in [0.25, 0.3) is 23.3 Å². The lowest BCUT2D eigenvalue weighted by atomic mass is 9.90. The number of fused-ring (bicyclic) bond motifs is 2. The highest BCUT2D eigenvalue weighted by molar-refractivity contribution is 5.97. The number of carbonyl (C=O) groups is 2. The average molecular weight is 829 g/mol. The van der Waals surface area contributed by atoms with Crippen molar-refractivity contribution in [1.82, 2.24) is 0 Å². The van der Waals surface area contributed by atoms with Crippen molar-refractivity contribution >= 4 is 35.2 Å². The van der Waals surface area contributed by atoms with Crippen LogP contribution in [0.5, 0.6) is 17.2 Å². The van der Waals surface area contributed by atoms with Crippen LogP contribution in [-0.2, 0) is 43.3 Å². The van der Waals surface area contributed by atoms with Gasteiger partial charge in [-0.05, 0) is 160 Å². The first-order valence-electron chi connectivity index (χ1n) is 20.6. The number of allylic oxidation sites excluding steroid dienone is 4. The molecule has 0 atom stereocenters. The molecule has 6 aromatic carbocycles. The largest absolute Gasteiger partial charge is 0.497 e. The van der Waals surface area contributed by atoms with E-state index in [-0.39, 0.29) is 11.3 Å². The van der Waals surface area contributed by atoms with Crippen molar-refractivity contribution in [1.29, 1.82) is 0 Å². The lowest BCUT2D eigenvalue weighted by molar-refractivity contribution is 0.0592. The lowest BCUT2D eigenvalue weighted by Gasteiger charge is -2.17. The fourth-order valence-corrected chi connectivity index (χ4v) is 8.62. The number of hydrogen-bond acceptors (Lipinski definition) is 6. The number of benzene rings is 6. The molecule has 0 heterocycles. The van der Waals surface area contributed by atoms with E-state index >= 15 is 0 Å². The highest BCUT2D eigenvalue weighted by Crippen LogP contribution is 2.37.